The van der Waals surface area contributed by atoms with Crippen LogP contribution in [-0.2, 0) is 20.2 Å². The highest BCUT2D eigenvalue weighted by atomic mass is 32.2. The van der Waals surface area contributed by atoms with Crippen LogP contribution < -0.4 is 17.4 Å². The van der Waals surface area contributed by atoms with Crippen LogP contribution in [0.3, 0.4) is 0 Å². The zero-order valence-corrected chi connectivity index (χ0v) is 22.8. The van der Waals surface area contributed by atoms with E-state index in [0.29, 0.717) is 0 Å². The predicted molar refractivity (Wildman–Crippen MR) is 123 cm³/mol. The summed E-state index contributed by atoms with van der Waals surface area (Å²) in [7, 11) is -8.84. The Morgan fingerprint density at radius 1 is 0.725 bits per heavy atom. The second kappa shape index (κ2) is 15.3. The molecule has 1 heterocycles. The van der Waals surface area contributed by atoms with E-state index in [0.717, 1.165) is 22.9 Å². The van der Waals surface area contributed by atoms with Gasteiger partial charge < -0.3 is 18.6 Å². The Bertz CT molecular complexity index is 1350. The lowest BCUT2D eigenvalue weighted by Crippen LogP contribution is -2.30. The average Bonchev–Trinajstić information content (AvgIpc) is 3.33. The summed E-state index contributed by atoms with van der Waals surface area (Å²) >= 11 is 1.62. The van der Waals surface area contributed by atoms with E-state index in [1.165, 1.54) is 6.92 Å². The van der Waals surface area contributed by atoms with Gasteiger partial charge in [0.2, 0.25) is 11.4 Å². The largest absolute Gasteiger partial charge is 0.741 e. The lowest BCUT2D eigenvalue weighted by atomic mass is 10.3. The maximum atomic E-state index is 10.7. The number of nitriles is 1. The highest BCUT2D eigenvalue weighted by molar-refractivity contribution is 7.86. The third-order valence-corrected chi connectivity index (χ3v) is 5.88. The zero-order chi connectivity index (χ0) is 31.4. The van der Waals surface area contributed by atoms with E-state index < -0.39 is 31.3 Å². The van der Waals surface area contributed by atoms with Gasteiger partial charge in [0.25, 0.3) is 12.4 Å². The first kappa shape index (κ1) is 36.5. The average molecular weight is 640 g/mol. The van der Waals surface area contributed by atoms with Crippen molar-refractivity contribution in [2.75, 3.05) is 14.2 Å². The molecule has 3 rings (SSSR count). The number of aromatic nitrogens is 2. The van der Waals surface area contributed by atoms with Crippen molar-refractivity contribution in [3.05, 3.63) is 60.9 Å². The fourth-order valence-electron chi connectivity index (χ4n) is 2.00. The molecule has 222 valence electrons. The Kier molecular flexibility index (Phi) is 14.0. The van der Waals surface area contributed by atoms with Crippen molar-refractivity contribution >= 4 is 32.0 Å². The monoisotopic (exact) mass is 639 g/mol. The number of benzene rings is 2. The van der Waals surface area contributed by atoms with Crippen LogP contribution in [0.1, 0.15) is 6.92 Å². The SMILES string of the molecule is CC#N.COc1ccc(-[n+]2cc[n+](-c3ccc(OC)cc3)s2)cc1.O=S(=O)([O-])C(F)(F)F.O=S(=O)([O-])C(F)(F)F. The second-order valence-electron chi connectivity index (χ2n) is 6.45. The molecule has 0 spiro atoms. The van der Waals surface area contributed by atoms with Crippen LogP contribution in [0.2, 0.25) is 0 Å². The molecule has 3 aromatic rings. The molecule has 0 saturated carbocycles. The zero-order valence-electron chi connectivity index (χ0n) is 20.4. The fourth-order valence-corrected chi connectivity index (χ4v) is 2.83. The van der Waals surface area contributed by atoms with Gasteiger partial charge in [-0.1, -0.05) is 0 Å². The maximum absolute atomic E-state index is 10.7. The normalized spacial score (nSPS) is 11.2. The van der Waals surface area contributed by atoms with Crippen LogP contribution in [0, 0.1) is 11.3 Å². The molecule has 0 unspecified atom stereocenters. The van der Waals surface area contributed by atoms with E-state index in [9.17, 15) is 26.3 Å². The fraction of sp³-hybridized carbons (Fsp3) is 0.250. The molecule has 0 radical (unpaired) electrons. The summed E-state index contributed by atoms with van der Waals surface area (Å²) in [5.74, 6) is 1.72. The first-order valence-corrected chi connectivity index (χ1v) is 13.3. The quantitative estimate of drug-likeness (QED) is 0.181. The van der Waals surface area contributed by atoms with Gasteiger partial charge in [0.05, 0.1) is 20.3 Å². The van der Waals surface area contributed by atoms with E-state index in [4.69, 9.17) is 40.7 Å². The molecule has 0 aliphatic rings. The number of alkyl halides is 6. The molecule has 0 amide bonds. The molecule has 0 bridgehead atoms. The standard InChI is InChI=1S/C16H16N2O2S.C2H3N.2CHF3O3S/c1-19-15-7-3-13(4-8-15)17-11-12-18(21-17)14-5-9-16(20-2)10-6-14;1-2-3;2*2-1(3,4)8(5,6)7/h3-12H,1-2H3;1H3;2*(H,5,6,7)/q+2;;;/p-2. The first-order chi connectivity index (χ1) is 18.2. The van der Waals surface area contributed by atoms with Crippen molar-refractivity contribution in [2.45, 2.75) is 17.9 Å². The van der Waals surface area contributed by atoms with E-state index in [1.54, 1.807) is 32.0 Å². The van der Waals surface area contributed by atoms with Crippen molar-refractivity contribution in [2.24, 2.45) is 0 Å². The smallest absolute Gasteiger partial charge is 0.485 e. The van der Waals surface area contributed by atoms with Gasteiger partial charge >= 0.3 is 22.7 Å². The minimum absolute atomic E-state index is 0.860. The predicted octanol–water partition coefficient (Wildman–Crippen LogP) is 2.95. The summed E-state index contributed by atoms with van der Waals surface area (Å²) in [5, 5.41) is 7.32. The van der Waals surface area contributed by atoms with Gasteiger partial charge in [-0.2, -0.15) is 31.6 Å². The number of halogens is 6. The molecule has 1 aromatic heterocycles. The van der Waals surface area contributed by atoms with Gasteiger partial charge in [-0.15, -0.1) is 0 Å². The lowest BCUT2D eigenvalue weighted by molar-refractivity contribution is -0.567. The number of ether oxygens (including phenoxy) is 2. The molecule has 40 heavy (non-hydrogen) atoms. The van der Waals surface area contributed by atoms with Gasteiger partial charge in [-0.05, 0) is 32.2 Å². The number of hydrogen-bond acceptors (Lipinski definition) is 10. The molecule has 0 fully saturated rings. The Balaban J connectivity index is 0.000000664. The van der Waals surface area contributed by atoms with Gasteiger partial charge in [0.1, 0.15) is 11.5 Å². The summed E-state index contributed by atoms with van der Waals surface area (Å²) in [6.45, 7) is 1.43. The highest BCUT2D eigenvalue weighted by Gasteiger charge is 2.37. The van der Waals surface area contributed by atoms with Crippen LogP contribution in [0.25, 0.3) is 11.4 Å². The molecule has 0 atom stereocenters. The van der Waals surface area contributed by atoms with E-state index >= 15 is 0 Å². The van der Waals surface area contributed by atoms with E-state index in [1.807, 2.05) is 60.9 Å². The summed E-state index contributed by atoms with van der Waals surface area (Å²) in [4.78, 5) is 0. The summed E-state index contributed by atoms with van der Waals surface area (Å²) in [6.07, 6.45) is 4.08. The summed E-state index contributed by atoms with van der Waals surface area (Å²) < 4.78 is 132. The van der Waals surface area contributed by atoms with Crippen molar-refractivity contribution in [3.8, 4) is 28.9 Å². The van der Waals surface area contributed by atoms with E-state index in [-0.39, 0.29) is 0 Å². The van der Waals surface area contributed by atoms with Crippen LogP contribution in [0.4, 0.5) is 26.3 Å². The maximum Gasteiger partial charge on any atom is 0.485 e. The van der Waals surface area contributed by atoms with Crippen LogP contribution in [0.5, 0.6) is 11.5 Å². The molecule has 0 saturated heterocycles. The minimum Gasteiger partial charge on any atom is -0.741 e. The molecular weight excluding hydrogens is 620 g/mol. The Labute approximate surface area is 228 Å². The number of methoxy groups -OCH3 is 2. The molecule has 0 N–H and O–H groups in total. The van der Waals surface area contributed by atoms with E-state index in [2.05, 4.69) is 7.91 Å². The Hall–Kier alpha value is -3.51. The Morgan fingerprint density at radius 3 is 1.12 bits per heavy atom. The lowest BCUT2D eigenvalue weighted by Gasteiger charge is -2.08. The van der Waals surface area contributed by atoms with Gasteiger partial charge in [0, 0.05) is 31.2 Å². The van der Waals surface area contributed by atoms with Crippen LogP contribution in [0.15, 0.2) is 60.9 Å². The first-order valence-electron chi connectivity index (χ1n) is 9.80. The molecule has 20 heteroatoms. The highest BCUT2D eigenvalue weighted by Crippen LogP contribution is 2.21. The number of hydrogen-bond donors (Lipinski definition) is 0. The van der Waals surface area contributed by atoms with Crippen LogP contribution in [-0.4, -0.2) is 51.2 Å². The minimum atomic E-state index is -6.09. The van der Waals surface area contributed by atoms with Crippen LogP contribution >= 0.6 is 11.7 Å². The van der Waals surface area contributed by atoms with Crippen molar-refractivity contribution < 1.29 is 69.7 Å². The van der Waals surface area contributed by atoms with Gasteiger partial charge in [-0.3, -0.25) is 0 Å². The Morgan fingerprint density at radius 2 is 0.950 bits per heavy atom. The summed E-state index contributed by atoms with van der Waals surface area (Å²) in [6, 6.07) is 17.7. The second-order valence-corrected chi connectivity index (χ2v) is 10.1. The molecule has 11 nitrogen and oxygen atoms in total. The van der Waals surface area contributed by atoms with Gasteiger partial charge in [0.15, 0.2) is 20.2 Å². The molecule has 0 aliphatic heterocycles. The topological polar surface area (TPSA) is 164 Å². The van der Waals surface area contributed by atoms with Gasteiger partial charge in [-0.25, -0.2) is 16.8 Å². The van der Waals surface area contributed by atoms with Crippen molar-refractivity contribution in [1.82, 2.24) is 0 Å². The third kappa shape index (κ3) is 12.6. The molecular formula is C20H19F6N3O8S3. The molecule has 0 aliphatic carbocycles. The summed E-state index contributed by atoms with van der Waals surface area (Å²) in [5.41, 5.74) is -9.08. The van der Waals surface area contributed by atoms with Crippen molar-refractivity contribution in [3.63, 3.8) is 0 Å². The number of nitrogens with zero attached hydrogens (tertiary/aromatic N) is 3. The third-order valence-electron chi connectivity index (χ3n) is 3.73. The van der Waals surface area contributed by atoms with Crippen molar-refractivity contribution in [1.29, 1.82) is 5.26 Å². The molecule has 2 aromatic carbocycles. The number of rotatable bonds is 4.